The Balaban J connectivity index is 1.61. The van der Waals surface area contributed by atoms with Gasteiger partial charge in [-0.15, -0.1) is 0 Å². The molecular weight excluding hydrogens is 330 g/mol. The van der Waals surface area contributed by atoms with Crippen molar-refractivity contribution in [2.45, 2.75) is 45.2 Å². The van der Waals surface area contributed by atoms with Gasteiger partial charge in [0.1, 0.15) is 12.3 Å². The zero-order chi connectivity index (χ0) is 18.7. The molecule has 2 amide bonds. The van der Waals surface area contributed by atoms with Gasteiger partial charge in [-0.2, -0.15) is 0 Å². The van der Waals surface area contributed by atoms with Gasteiger partial charge >= 0.3 is 0 Å². The lowest BCUT2D eigenvalue weighted by molar-refractivity contribution is -0.139. The predicted molar refractivity (Wildman–Crippen MR) is 101 cm³/mol. The molecule has 2 aliphatic rings. The number of hydrogen-bond acceptors (Lipinski definition) is 4. The van der Waals surface area contributed by atoms with E-state index >= 15 is 0 Å². The molecule has 0 aromatic heterocycles. The number of piperidine rings is 1. The molecule has 0 N–H and O–H groups in total. The van der Waals surface area contributed by atoms with E-state index in [1.807, 2.05) is 24.3 Å². The third-order valence-corrected chi connectivity index (χ3v) is 5.63. The smallest absolute Gasteiger partial charge is 0.246 e. The van der Waals surface area contributed by atoms with Crippen LogP contribution in [0.15, 0.2) is 24.3 Å². The number of nitrogens with zero attached hydrogens (tertiary/aromatic N) is 3. The van der Waals surface area contributed by atoms with Gasteiger partial charge in [0, 0.05) is 36.9 Å². The maximum atomic E-state index is 12.7. The molecule has 142 valence electrons. The standard InChI is InChI=1S/C20H29N3O3/c1-15-6-4-7-16(2)23(15)14-19(24)21-10-11-22(20(25)13-21)17-8-5-9-18(12-17)26-3/h5,8-9,12,15-16H,4,6-7,10-11,13-14H2,1-3H3/t15-,16+. The molecular formula is C20H29N3O3. The third-order valence-electron chi connectivity index (χ3n) is 5.63. The number of ether oxygens (including phenoxy) is 1. The molecule has 0 radical (unpaired) electrons. The number of hydrogen-bond donors (Lipinski definition) is 0. The summed E-state index contributed by atoms with van der Waals surface area (Å²) in [5, 5.41) is 0. The number of benzene rings is 1. The van der Waals surface area contributed by atoms with E-state index in [9.17, 15) is 9.59 Å². The monoisotopic (exact) mass is 359 g/mol. The molecule has 0 aliphatic carbocycles. The fourth-order valence-corrected chi connectivity index (χ4v) is 3.98. The molecule has 0 saturated carbocycles. The van der Waals surface area contributed by atoms with Crippen molar-refractivity contribution in [3.63, 3.8) is 0 Å². The van der Waals surface area contributed by atoms with E-state index in [1.165, 1.54) is 6.42 Å². The van der Waals surface area contributed by atoms with E-state index in [2.05, 4.69) is 18.7 Å². The molecule has 6 heteroatoms. The van der Waals surface area contributed by atoms with Crippen molar-refractivity contribution < 1.29 is 14.3 Å². The minimum Gasteiger partial charge on any atom is -0.497 e. The van der Waals surface area contributed by atoms with E-state index < -0.39 is 0 Å². The lowest BCUT2D eigenvalue weighted by Crippen LogP contribution is -2.56. The summed E-state index contributed by atoms with van der Waals surface area (Å²) in [6.07, 6.45) is 3.51. The lowest BCUT2D eigenvalue weighted by atomic mass is 9.97. The second-order valence-corrected chi connectivity index (χ2v) is 7.36. The molecule has 2 aliphatic heterocycles. The van der Waals surface area contributed by atoms with Crippen LogP contribution in [0.2, 0.25) is 0 Å². The number of rotatable bonds is 4. The summed E-state index contributed by atoms with van der Waals surface area (Å²) < 4.78 is 5.24. The van der Waals surface area contributed by atoms with E-state index in [-0.39, 0.29) is 18.4 Å². The van der Waals surface area contributed by atoms with Gasteiger partial charge in [-0.25, -0.2) is 0 Å². The van der Waals surface area contributed by atoms with Crippen LogP contribution < -0.4 is 9.64 Å². The van der Waals surface area contributed by atoms with Gasteiger partial charge in [0.2, 0.25) is 11.8 Å². The van der Waals surface area contributed by atoms with Crippen molar-refractivity contribution in [2.24, 2.45) is 0 Å². The maximum Gasteiger partial charge on any atom is 0.246 e. The van der Waals surface area contributed by atoms with Crippen LogP contribution in [0.3, 0.4) is 0 Å². The van der Waals surface area contributed by atoms with Crippen LogP contribution >= 0.6 is 0 Å². The molecule has 2 saturated heterocycles. The minimum atomic E-state index is -0.0439. The molecule has 2 atom stereocenters. The highest BCUT2D eigenvalue weighted by Crippen LogP contribution is 2.24. The summed E-state index contributed by atoms with van der Waals surface area (Å²) in [5.74, 6) is 0.740. The van der Waals surface area contributed by atoms with Gasteiger partial charge < -0.3 is 14.5 Å². The average Bonchev–Trinajstić information content (AvgIpc) is 2.64. The van der Waals surface area contributed by atoms with Gasteiger partial charge in [-0.1, -0.05) is 12.5 Å². The van der Waals surface area contributed by atoms with Crippen LogP contribution in [-0.4, -0.2) is 67.0 Å². The average molecular weight is 359 g/mol. The summed E-state index contributed by atoms with van der Waals surface area (Å²) in [5.41, 5.74) is 0.819. The lowest BCUT2D eigenvalue weighted by Gasteiger charge is -2.40. The summed E-state index contributed by atoms with van der Waals surface area (Å²) in [4.78, 5) is 31.1. The van der Waals surface area contributed by atoms with Crippen molar-refractivity contribution in [1.82, 2.24) is 9.80 Å². The molecule has 0 bridgehead atoms. The first-order chi connectivity index (χ1) is 12.5. The first kappa shape index (κ1) is 18.7. The molecule has 0 spiro atoms. The topological polar surface area (TPSA) is 53.1 Å². The number of methoxy groups -OCH3 is 1. The third kappa shape index (κ3) is 4.01. The maximum absolute atomic E-state index is 12.7. The largest absolute Gasteiger partial charge is 0.497 e. The molecule has 1 aromatic carbocycles. The first-order valence-electron chi connectivity index (χ1n) is 9.47. The summed E-state index contributed by atoms with van der Waals surface area (Å²) in [6, 6.07) is 8.34. The Morgan fingerprint density at radius 3 is 2.58 bits per heavy atom. The number of piperazine rings is 1. The van der Waals surface area contributed by atoms with Crippen LogP contribution in [0.1, 0.15) is 33.1 Å². The SMILES string of the molecule is COc1cccc(N2CCN(C(=O)CN3[C@H](C)CCC[C@@H]3C)CC2=O)c1. The Labute approximate surface area is 155 Å². The summed E-state index contributed by atoms with van der Waals surface area (Å²) in [6.45, 7) is 6.02. The van der Waals surface area contributed by atoms with Crippen molar-refractivity contribution in [2.75, 3.05) is 38.2 Å². The highest BCUT2D eigenvalue weighted by molar-refractivity contribution is 5.98. The van der Waals surface area contributed by atoms with Crippen molar-refractivity contribution in [3.8, 4) is 5.75 Å². The second kappa shape index (κ2) is 8.08. The molecule has 2 heterocycles. The summed E-state index contributed by atoms with van der Waals surface area (Å²) >= 11 is 0. The number of carbonyl (C=O) groups is 2. The molecule has 2 fully saturated rings. The van der Waals surface area contributed by atoms with Gasteiger partial charge in [0.15, 0.2) is 0 Å². The van der Waals surface area contributed by atoms with Crippen LogP contribution in [0.25, 0.3) is 0 Å². The van der Waals surface area contributed by atoms with Crippen LogP contribution in [0.5, 0.6) is 5.75 Å². The fourth-order valence-electron chi connectivity index (χ4n) is 3.98. The van der Waals surface area contributed by atoms with Gasteiger partial charge in [0.25, 0.3) is 0 Å². The summed E-state index contributed by atoms with van der Waals surface area (Å²) in [7, 11) is 1.61. The van der Waals surface area contributed by atoms with Crippen molar-refractivity contribution in [3.05, 3.63) is 24.3 Å². The van der Waals surface area contributed by atoms with E-state index in [0.29, 0.717) is 31.7 Å². The van der Waals surface area contributed by atoms with Gasteiger partial charge in [-0.3, -0.25) is 14.5 Å². The molecule has 6 nitrogen and oxygen atoms in total. The Hall–Kier alpha value is -2.08. The normalized spacial score (nSPS) is 24.7. The highest BCUT2D eigenvalue weighted by atomic mass is 16.5. The number of carbonyl (C=O) groups excluding carboxylic acids is 2. The van der Waals surface area contributed by atoms with E-state index in [1.54, 1.807) is 16.9 Å². The van der Waals surface area contributed by atoms with E-state index in [0.717, 1.165) is 24.3 Å². The molecule has 1 aromatic rings. The molecule has 3 rings (SSSR count). The molecule has 26 heavy (non-hydrogen) atoms. The highest BCUT2D eigenvalue weighted by Gasteiger charge is 2.32. The Morgan fingerprint density at radius 2 is 1.92 bits per heavy atom. The Bertz CT molecular complexity index is 653. The minimum absolute atomic E-state index is 0.0439. The van der Waals surface area contributed by atoms with E-state index in [4.69, 9.17) is 4.74 Å². The second-order valence-electron chi connectivity index (χ2n) is 7.36. The van der Waals surface area contributed by atoms with Crippen LogP contribution in [-0.2, 0) is 9.59 Å². The number of anilines is 1. The van der Waals surface area contributed by atoms with Crippen LogP contribution in [0, 0.1) is 0 Å². The number of amides is 2. The first-order valence-corrected chi connectivity index (χ1v) is 9.47. The predicted octanol–water partition coefficient (Wildman–Crippen LogP) is 2.13. The number of likely N-dealkylation sites (tertiary alicyclic amines) is 1. The van der Waals surface area contributed by atoms with Crippen molar-refractivity contribution in [1.29, 1.82) is 0 Å². The fraction of sp³-hybridized carbons (Fsp3) is 0.600. The van der Waals surface area contributed by atoms with Gasteiger partial charge in [-0.05, 0) is 38.8 Å². The molecule has 0 unspecified atom stereocenters. The van der Waals surface area contributed by atoms with Gasteiger partial charge in [0.05, 0.1) is 13.7 Å². The zero-order valence-electron chi connectivity index (χ0n) is 16.0. The van der Waals surface area contributed by atoms with Crippen molar-refractivity contribution >= 4 is 17.5 Å². The van der Waals surface area contributed by atoms with Crippen LogP contribution in [0.4, 0.5) is 5.69 Å². The Morgan fingerprint density at radius 1 is 1.19 bits per heavy atom. The Kier molecular flexibility index (Phi) is 5.81. The zero-order valence-corrected chi connectivity index (χ0v) is 16.0. The quantitative estimate of drug-likeness (QED) is 0.826.